The van der Waals surface area contributed by atoms with Gasteiger partial charge in [0, 0.05) is 11.5 Å². The molecule has 0 aromatic heterocycles. The Balaban J connectivity index is 1.39. The average molecular weight is 362 g/mol. The first kappa shape index (κ1) is 20.0. The van der Waals surface area contributed by atoms with Crippen LogP contribution in [0.15, 0.2) is 24.3 Å². The maximum Gasteiger partial charge on any atom is 0.0991 e. The minimum absolute atomic E-state index is 0.572. The Bertz CT molecular complexity index is 653. The lowest BCUT2D eigenvalue weighted by Crippen LogP contribution is -2.25. The molecular formula is C26H35N. The van der Waals surface area contributed by atoms with Crippen molar-refractivity contribution < 1.29 is 0 Å². The lowest BCUT2D eigenvalue weighted by atomic mass is 9.69. The second-order valence-corrected chi connectivity index (χ2v) is 8.85. The second-order valence-electron chi connectivity index (χ2n) is 8.85. The fourth-order valence-corrected chi connectivity index (χ4v) is 5.18. The Kier molecular flexibility index (Phi) is 7.83. The van der Waals surface area contributed by atoms with Gasteiger partial charge in [-0.05, 0) is 80.5 Å². The highest BCUT2D eigenvalue weighted by Crippen LogP contribution is 2.42. The van der Waals surface area contributed by atoms with Gasteiger partial charge in [0.1, 0.15) is 0 Å². The quantitative estimate of drug-likeness (QED) is 0.405. The van der Waals surface area contributed by atoms with E-state index in [0.717, 1.165) is 23.3 Å². The van der Waals surface area contributed by atoms with Gasteiger partial charge in [0.2, 0.25) is 0 Å². The Hall–Kier alpha value is -1.73. The minimum atomic E-state index is 0.572. The third-order valence-electron chi connectivity index (χ3n) is 6.98. The van der Waals surface area contributed by atoms with E-state index in [9.17, 15) is 0 Å². The molecule has 2 aliphatic carbocycles. The van der Waals surface area contributed by atoms with Crippen LogP contribution in [0.25, 0.3) is 0 Å². The molecule has 2 fully saturated rings. The third-order valence-corrected chi connectivity index (χ3v) is 6.98. The molecule has 0 unspecified atom stereocenters. The van der Waals surface area contributed by atoms with Gasteiger partial charge in [-0.2, -0.15) is 5.26 Å². The van der Waals surface area contributed by atoms with Crippen molar-refractivity contribution in [3.05, 3.63) is 35.4 Å². The van der Waals surface area contributed by atoms with Crippen molar-refractivity contribution in [2.45, 2.75) is 84.0 Å². The molecule has 0 radical (unpaired) electrons. The monoisotopic (exact) mass is 361 g/mol. The SMILES string of the molecule is CCCCC[C@H]1CC[C@H]([C@H]2CC[C@H](C#Cc3ccc(C#N)cc3)CC2)CC1. The molecule has 1 aromatic rings. The summed E-state index contributed by atoms with van der Waals surface area (Å²) in [7, 11) is 0. The van der Waals surface area contributed by atoms with Crippen LogP contribution < -0.4 is 0 Å². The first-order chi connectivity index (χ1) is 13.3. The number of benzene rings is 1. The molecule has 0 spiro atoms. The van der Waals surface area contributed by atoms with Crippen molar-refractivity contribution in [2.24, 2.45) is 23.7 Å². The molecule has 2 saturated carbocycles. The molecule has 0 saturated heterocycles. The van der Waals surface area contributed by atoms with Crippen LogP contribution in [0.3, 0.4) is 0 Å². The van der Waals surface area contributed by atoms with Crippen molar-refractivity contribution in [2.75, 3.05) is 0 Å². The van der Waals surface area contributed by atoms with Crippen LogP contribution in [0.1, 0.15) is 95.1 Å². The Labute approximate surface area is 166 Å². The van der Waals surface area contributed by atoms with Gasteiger partial charge in [-0.25, -0.2) is 0 Å². The summed E-state index contributed by atoms with van der Waals surface area (Å²) >= 11 is 0. The maximum absolute atomic E-state index is 8.87. The first-order valence-electron chi connectivity index (χ1n) is 11.3. The van der Waals surface area contributed by atoms with Crippen molar-refractivity contribution >= 4 is 0 Å². The molecule has 0 amide bonds. The molecule has 0 heterocycles. The van der Waals surface area contributed by atoms with Gasteiger partial charge in [-0.3, -0.25) is 0 Å². The lowest BCUT2D eigenvalue weighted by molar-refractivity contribution is 0.153. The van der Waals surface area contributed by atoms with Crippen LogP contribution in [-0.2, 0) is 0 Å². The maximum atomic E-state index is 8.87. The molecule has 27 heavy (non-hydrogen) atoms. The van der Waals surface area contributed by atoms with E-state index in [1.807, 2.05) is 24.3 Å². The van der Waals surface area contributed by atoms with Crippen LogP contribution in [-0.4, -0.2) is 0 Å². The molecule has 1 aromatic carbocycles. The van der Waals surface area contributed by atoms with E-state index in [-0.39, 0.29) is 0 Å². The Morgan fingerprint density at radius 3 is 2.00 bits per heavy atom. The normalized spacial score (nSPS) is 28.0. The van der Waals surface area contributed by atoms with E-state index in [2.05, 4.69) is 24.8 Å². The van der Waals surface area contributed by atoms with E-state index >= 15 is 0 Å². The summed E-state index contributed by atoms with van der Waals surface area (Å²) in [4.78, 5) is 0. The standard InChI is InChI=1S/C26H35N/c1-2-3-4-5-21-12-16-25(17-13-21)26-18-14-23(15-19-26)7-6-22-8-10-24(20-27)11-9-22/h8-11,21,23,25-26H,2-5,12-19H2,1H3/t21-,23-,25-,26-. The molecule has 2 aliphatic rings. The summed E-state index contributed by atoms with van der Waals surface area (Å²) in [6.07, 6.45) is 17.0. The highest BCUT2D eigenvalue weighted by molar-refractivity contribution is 5.40. The number of hydrogen-bond acceptors (Lipinski definition) is 1. The molecule has 0 bridgehead atoms. The topological polar surface area (TPSA) is 23.8 Å². The van der Waals surface area contributed by atoms with Crippen LogP contribution >= 0.6 is 0 Å². The number of nitrogens with zero attached hydrogens (tertiary/aromatic N) is 1. The van der Waals surface area contributed by atoms with E-state index in [0.29, 0.717) is 11.5 Å². The zero-order valence-corrected chi connectivity index (χ0v) is 17.1. The predicted molar refractivity (Wildman–Crippen MR) is 113 cm³/mol. The van der Waals surface area contributed by atoms with Crippen LogP contribution in [0.5, 0.6) is 0 Å². The first-order valence-corrected chi connectivity index (χ1v) is 11.3. The molecular weight excluding hydrogens is 326 g/mol. The van der Waals surface area contributed by atoms with Gasteiger partial charge < -0.3 is 0 Å². The average Bonchev–Trinajstić information content (AvgIpc) is 2.74. The summed E-state index contributed by atoms with van der Waals surface area (Å²) in [5.41, 5.74) is 1.75. The summed E-state index contributed by atoms with van der Waals surface area (Å²) in [5.74, 6) is 10.4. The number of nitriles is 1. The Morgan fingerprint density at radius 2 is 1.41 bits per heavy atom. The highest BCUT2D eigenvalue weighted by Gasteiger charge is 2.30. The van der Waals surface area contributed by atoms with Crippen molar-refractivity contribution in [1.29, 1.82) is 5.26 Å². The molecule has 144 valence electrons. The molecule has 0 N–H and O–H groups in total. The molecule has 3 rings (SSSR count). The van der Waals surface area contributed by atoms with Crippen molar-refractivity contribution in [3.63, 3.8) is 0 Å². The van der Waals surface area contributed by atoms with E-state index in [4.69, 9.17) is 5.26 Å². The fourth-order valence-electron chi connectivity index (χ4n) is 5.18. The molecule has 0 atom stereocenters. The summed E-state index contributed by atoms with van der Waals surface area (Å²) in [5, 5.41) is 8.87. The van der Waals surface area contributed by atoms with Crippen LogP contribution in [0.4, 0.5) is 0 Å². The van der Waals surface area contributed by atoms with Gasteiger partial charge in [0.15, 0.2) is 0 Å². The zero-order chi connectivity index (χ0) is 18.9. The van der Waals surface area contributed by atoms with Gasteiger partial charge >= 0.3 is 0 Å². The third kappa shape index (κ3) is 6.14. The molecule has 1 heteroatoms. The van der Waals surface area contributed by atoms with Crippen LogP contribution in [0.2, 0.25) is 0 Å². The second kappa shape index (κ2) is 10.6. The predicted octanol–water partition coefficient (Wildman–Crippen LogP) is 7.10. The number of rotatable bonds is 5. The lowest BCUT2D eigenvalue weighted by Gasteiger charge is -2.37. The van der Waals surface area contributed by atoms with E-state index in [1.165, 1.54) is 77.0 Å². The van der Waals surface area contributed by atoms with Crippen LogP contribution in [0, 0.1) is 46.8 Å². The van der Waals surface area contributed by atoms with E-state index in [1.54, 1.807) is 0 Å². The molecule has 1 nitrogen and oxygen atoms in total. The van der Waals surface area contributed by atoms with Crippen molar-refractivity contribution in [1.82, 2.24) is 0 Å². The van der Waals surface area contributed by atoms with Gasteiger partial charge in [0.05, 0.1) is 11.6 Å². The van der Waals surface area contributed by atoms with Gasteiger partial charge in [-0.1, -0.05) is 57.3 Å². The Morgan fingerprint density at radius 1 is 0.815 bits per heavy atom. The minimum Gasteiger partial charge on any atom is -0.192 e. The number of unbranched alkanes of at least 4 members (excludes halogenated alkanes) is 2. The fraction of sp³-hybridized carbons (Fsp3) is 0.654. The zero-order valence-electron chi connectivity index (χ0n) is 17.1. The molecule has 0 aliphatic heterocycles. The number of hydrogen-bond donors (Lipinski definition) is 0. The van der Waals surface area contributed by atoms with Gasteiger partial charge in [-0.15, -0.1) is 0 Å². The summed E-state index contributed by atoms with van der Waals surface area (Å²) in [6.45, 7) is 2.31. The smallest absolute Gasteiger partial charge is 0.0991 e. The summed E-state index contributed by atoms with van der Waals surface area (Å²) < 4.78 is 0. The van der Waals surface area contributed by atoms with E-state index < -0.39 is 0 Å². The summed E-state index contributed by atoms with van der Waals surface area (Å²) in [6, 6.07) is 9.82. The largest absolute Gasteiger partial charge is 0.192 e. The highest BCUT2D eigenvalue weighted by atomic mass is 14.4. The van der Waals surface area contributed by atoms with Crippen molar-refractivity contribution in [3.8, 4) is 17.9 Å². The van der Waals surface area contributed by atoms with Gasteiger partial charge in [0.25, 0.3) is 0 Å².